The van der Waals surface area contributed by atoms with Crippen molar-refractivity contribution in [3.05, 3.63) is 32.8 Å². The van der Waals surface area contributed by atoms with E-state index in [-0.39, 0.29) is 6.61 Å². The first kappa shape index (κ1) is 18.1. The Balaban J connectivity index is 4.21. The van der Waals surface area contributed by atoms with Gasteiger partial charge >= 0.3 is 0 Å². The maximum absolute atomic E-state index is 9.03. The molecule has 0 spiro atoms. The first-order valence-corrected chi connectivity index (χ1v) is 7.97. The molecule has 0 aromatic rings. The molecule has 0 saturated carbocycles. The van der Waals surface area contributed by atoms with Crippen molar-refractivity contribution in [3.63, 3.8) is 0 Å². The molecule has 0 aliphatic carbocycles. The van der Waals surface area contributed by atoms with E-state index in [1.807, 2.05) is 0 Å². The van der Waals surface area contributed by atoms with Crippen molar-refractivity contribution >= 4 is 31.9 Å². The van der Waals surface area contributed by atoms with Gasteiger partial charge in [-0.2, -0.15) is 0 Å². The van der Waals surface area contributed by atoms with Gasteiger partial charge in [-0.3, -0.25) is 0 Å². The second-order valence-corrected chi connectivity index (χ2v) is 7.61. The summed E-state index contributed by atoms with van der Waals surface area (Å²) in [6.07, 6.45) is 10.7. The van der Waals surface area contributed by atoms with Crippen LogP contribution in [0.3, 0.4) is 0 Å². The standard InChI is InChI=1S/C15H24Br2O/c1-12(2)5-4-6-13(3)7-8-14(9-10-18)11-15(16)17/h5,7,11,14,18H,4,6,8-10H2,1-3H3/b13-7+. The molecule has 0 amide bonds. The maximum Gasteiger partial charge on any atom is 0.0567 e. The Morgan fingerprint density at radius 3 is 2.33 bits per heavy atom. The molecule has 1 N–H and O–H groups in total. The zero-order valence-electron chi connectivity index (χ0n) is 11.5. The van der Waals surface area contributed by atoms with Gasteiger partial charge in [0.2, 0.25) is 0 Å². The summed E-state index contributed by atoms with van der Waals surface area (Å²) in [6.45, 7) is 6.68. The number of hydrogen-bond donors (Lipinski definition) is 1. The van der Waals surface area contributed by atoms with E-state index in [4.69, 9.17) is 5.11 Å². The smallest absolute Gasteiger partial charge is 0.0567 e. The fourth-order valence-corrected chi connectivity index (χ4v) is 2.40. The Kier molecular flexibility index (Phi) is 11.1. The minimum absolute atomic E-state index is 0.235. The van der Waals surface area contributed by atoms with Crippen molar-refractivity contribution in [1.29, 1.82) is 0 Å². The van der Waals surface area contributed by atoms with Gasteiger partial charge in [-0.15, -0.1) is 0 Å². The van der Waals surface area contributed by atoms with Crippen molar-refractivity contribution in [2.45, 2.75) is 46.5 Å². The average molecular weight is 380 g/mol. The average Bonchev–Trinajstić information content (AvgIpc) is 2.25. The van der Waals surface area contributed by atoms with Crippen molar-refractivity contribution in [2.75, 3.05) is 6.61 Å². The van der Waals surface area contributed by atoms with E-state index in [9.17, 15) is 0 Å². The minimum atomic E-state index is 0.235. The predicted octanol–water partition coefficient (Wildman–Crippen LogP) is 5.70. The topological polar surface area (TPSA) is 20.2 Å². The number of rotatable bonds is 8. The van der Waals surface area contributed by atoms with Crippen molar-refractivity contribution in [2.24, 2.45) is 5.92 Å². The normalized spacial score (nSPS) is 13.1. The molecule has 0 aliphatic rings. The highest BCUT2D eigenvalue weighted by Crippen LogP contribution is 2.22. The van der Waals surface area contributed by atoms with Gasteiger partial charge in [0.05, 0.1) is 3.39 Å². The molecule has 0 rings (SSSR count). The monoisotopic (exact) mass is 378 g/mol. The number of aliphatic hydroxyl groups excluding tert-OH is 1. The number of aliphatic hydroxyl groups is 1. The SMILES string of the molecule is CC(C)=CCC/C(C)=C/CC(C=C(Br)Br)CCO. The van der Waals surface area contributed by atoms with Crippen LogP contribution in [-0.2, 0) is 0 Å². The largest absolute Gasteiger partial charge is 0.396 e. The lowest BCUT2D eigenvalue weighted by Gasteiger charge is -2.09. The molecular weight excluding hydrogens is 356 g/mol. The van der Waals surface area contributed by atoms with Crippen LogP contribution in [0.2, 0.25) is 0 Å². The third-order valence-electron chi connectivity index (χ3n) is 2.72. The third-order valence-corrected chi connectivity index (χ3v) is 3.25. The first-order valence-electron chi connectivity index (χ1n) is 6.38. The van der Waals surface area contributed by atoms with Crippen LogP contribution < -0.4 is 0 Å². The highest BCUT2D eigenvalue weighted by molar-refractivity contribution is 9.28. The number of halogens is 2. The fraction of sp³-hybridized carbons (Fsp3) is 0.600. The first-order chi connectivity index (χ1) is 8.45. The molecule has 0 bridgehead atoms. The van der Waals surface area contributed by atoms with E-state index < -0.39 is 0 Å². The van der Waals surface area contributed by atoms with E-state index in [0.717, 1.165) is 29.1 Å². The molecule has 0 saturated heterocycles. The molecule has 0 aromatic heterocycles. The van der Waals surface area contributed by atoms with Crippen LogP contribution in [0.25, 0.3) is 0 Å². The van der Waals surface area contributed by atoms with Crippen LogP contribution in [-0.4, -0.2) is 11.7 Å². The summed E-state index contributed by atoms with van der Waals surface area (Å²) in [5, 5.41) is 9.03. The number of allylic oxidation sites excluding steroid dienone is 5. The molecule has 3 heteroatoms. The van der Waals surface area contributed by atoms with Gasteiger partial charge in [-0.05, 0) is 84.2 Å². The summed E-state index contributed by atoms with van der Waals surface area (Å²) in [4.78, 5) is 0. The second-order valence-electron chi connectivity index (χ2n) is 4.84. The van der Waals surface area contributed by atoms with E-state index in [1.165, 1.54) is 11.1 Å². The van der Waals surface area contributed by atoms with Gasteiger partial charge < -0.3 is 5.11 Å². The van der Waals surface area contributed by atoms with Crippen LogP contribution in [0.1, 0.15) is 46.5 Å². The summed E-state index contributed by atoms with van der Waals surface area (Å²) in [7, 11) is 0. The maximum atomic E-state index is 9.03. The van der Waals surface area contributed by atoms with Crippen LogP contribution in [0, 0.1) is 5.92 Å². The molecule has 18 heavy (non-hydrogen) atoms. The molecule has 0 fully saturated rings. The molecule has 0 radical (unpaired) electrons. The Morgan fingerprint density at radius 1 is 1.17 bits per heavy atom. The van der Waals surface area contributed by atoms with Crippen molar-refractivity contribution in [3.8, 4) is 0 Å². The zero-order valence-corrected chi connectivity index (χ0v) is 14.7. The lowest BCUT2D eigenvalue weighted by Crippen LogP contribution is -1.99. The van der Waals surface area contributed by atoms with Gasteiger partial charge in [0.25, 0.3) is 0 Å². The summed E-state index contributed by atoms with van der Waals surface area (Å²) < 4.78 is 0.962. The molecule has 0 aromatic carbocycles. The Morgan fingerprint density at radius 2 is 1.83 bits per heavy atom. The van der Waals surface area contributed by atoms with E-state index in [0.29, 0.717) is 5.92 Å². The molecule has 1 unspecified atom stereocenters. The van der Waals surface area contributed by atoms with Crippen molar-refractivity contribution < 1.29 is 5.11 Å². The zero-order chi connectivity index (χ0) is 14.0. The minimum Gasteiger partial charge on any atom is -0.396 e. The Labute approximate surface area is 128 Å². The van der Waals surface area contributed by atoms with E-state index in [1.54, 1.807) is 0 Å². The van der Waals surface area contributed by atoms with Gasteiger partial charge in [0, 0.05) is 6.61 Å². The Bertz CT molecular complexity index is 308. The van der Waals surface area contributed by atoms with Gasteiger partial charge in [0.15, 0.2) is 0 Å². The molecule has 1 atom stereocenters. The molecule has 0 aliphatic heterocycles. The summed E-state index contributed by atoms with van der Waals surface area (Å²) in [6, 6.07) is 0. The summed E-state index contributed by atoms with van der Waals surface area (Å²) in [5.74, 6) is 0.391. The highest BCUT2D eigenvalue weighted by atomic mass is 79.9. The van der Waals surface area contributed by atoms with E-state index in [2.05, 4.69) is 70.9 Å². The van der Waals surface area contributed by atoms with Crippen molar-refractivity contribution in [1.82, 2.24) is 0 Å². The van der Waals surface area contributed by atoms with E-state index >= 15 is 0 Å². The fourth-order valence-electron chi connectivity index (χ4n) is 1.66. The van der Waals surface area contributed by atoms with Crippen LogP contribution in [0.5, 0.6) is 0 Å². The molecule has 0 heterocycles. The van der Waals surface area contributed by atoms with Gasteiger partial charge in [-0.25, -0.2) is 0 Å². The summed E-state index contributed by atoms with van der Waals surface area (Å²) >= 11 is 6.76. The highest BCUT2D eigenvalue weighted by Gasteiger charge is 2.04. The third kappa shape index (κ3) is 11.2. The van der Waals surface area contributed by atoms with Crippen LogP contribution in [0.4, 0.5) is 0 Å². The van der Waals surface area contributed by atoms with Gasteiger partial charge in [-0.1, -0.05) is 29.4 Å². The van der Waals surface area contributed by atoms with Gasteiger partial charge in [0.1, 0.15) is 0 Å². The lowest BCUT2D eigenvalue weighted by molar-refractivity contribution is 0.270. The molecule has 104 valence electrons. The molecular formula is C15H24Br2O. The van der Waals surface area contributed by atoms with Crippen LogP contribution >= 0.6 is 31.9 Å². The lowest BCUT2D eigenvalue weighted by atomic mass is 9.99. The predicted molar refractivity (Wildman–Crippen MR) is 88.2 cm³/mol. The summed E-state index contributed by atoms with van der Waals surface area (Å²) in [5.41, 5.74) is 2.81. The molecule has 1 nitrogen and oxygen atoms in total. The quantitative estimate of drug-likeness (QED) is 0.536. The second kappa shape index (κ2) is 11.0. The van der Waals surface area contributed by atoms with Crippen LogP contribution in [0.15, 0.2) is 32.8 Å². The number of hydrogen-bond acceptors (Lipinski definition) is 1. The Hall–Kier alpha value is 0.140.